The molecule has 2 N–H and O–H groups in total. The molecule has 2 aromatic carbocycles. The summed E-state index contributed by atoms with van der Waals surface area (Å²) in [5, 5.41) is 4.75. The van der Waals surface area contributed by atoms with E-state index in [1.54, 1.807) is 0 Å². The van der Waals surface area contributed by atoms with Crippen molar-refractivity contribution >= 4 is 22.3 Å². The van der Waals surface area contributed by atoms with Gasteiger partial charge in [-0.1, -0.05) is 18.2 Å². The number of aromatic nitrogens is 1. The Bertz CT molecular complexity index is 745. The van der Waals surface area contributed by atoms with Gasteiger partial charge in [-0.2, -0.15) is 0 Å². The average molecular weight is 263 g/mol. The van der Waals surface area contributed by atoms with Gasteiger partial charge in [0.2, 0.25) is 0 Å². The maximum Gasteiger partial charge on any atom is 0.0456 e. The number of hydrogen-bond acceptors (Lipinski definition) is 2. The van der Waals surface area contributed by atoms with Crippen LogP contribution in [0.5, 0.6) is 0 Å². The van der Waals surface area contributed by atoms with Gasteiger partial charge >= 0.3 is 0 Å². The van der Waals surface area contributed by atoms with Gasteiger partial charge in [-0.3, -0.25) is 0 Å². The van der Waals surface area contributed by atoms with Crippen molar-refractivity contribution in [1.29, 1.82) is 0 Å². The molecule has 0 radical (unpaired) electrons. The summed E-state index contributed by atoms with van der Waals surface area (Å²) in [6.45, 7) is 2.94. The highest BCUT2D eigenvalue weighted by molar-refractivity contribution is 5.84. The number of H-pyrrole nitrogens is 1. The Balaban J connectivity index is 1.84. The van der Waals surface area contributed by atoms with Crippen LogP contribution >= 0.6 is 0 Å². The molecule has 0 amide bonds. The van der Waals surface area contributed by atoms with E-state index in [2.05, 4.69) is 63.7 Å². The Morgan fingerprint density at radius 1 is 1.00 bits per heavy atom. The quantitative estimate of drug-likeness (QED) is 0.705. The summed E-state index contributed by atoms with van der Waals surface area (Å²) < 4.78 is 0. The third-order valence-corrected chi connectivity index (χ3v) is 3.96. The van der Waals surface area contributed by atoms with Crippen LogP contribution in [0.2, 0.25) is 0 Å². The second kappa shape index (κ2) is 4.69. The number of nitrogens with zero attached hydrogens (tertiary/aromatic N) is 1. The molecule has 3 heteroatoms. The van der Waals surface area contributed by atoms with Crippen molar-refractivity contribution in [2.45, 2.75) is 6.54 Å². The molecule has 1 aliphatic rings. The van der Waals surface area contributed by atoms with Crippen LogP contribution in [-0.2, 0) is 6.54 Å². The molecule has 3 aromatic rings. The van der Waals surface area contributed by atoms with E-state index in [0.29, 0.717) is 0 Å². The van der Waals surface area contributed by atoms with Crippen molar-refractivity contribution in [1.82, 2.24) is 10.3 Å². The van der Waals surface area contributed by atoms with Gasteiger partial charge in [-0.25, -0.2) is 0 Å². The largest absolute Gasteiger partial charge is 0.361 e. The smallest absolute Gasteiger partial charge is 0.0456 e. The SMILES string of the molecule is c1ccc2c(c1)CNCCN2c1ccc2[nH]ccc2c1. The van der Waals surface area contributed by atoms with Gasteiger partial charge < -0.3 is 15.2 Å². The fraction of sp³-hybridized carbons (Fsp3) is 0.176. The second-order valence-electron chi connectivity index (χ2n) is 5.21. The number of anilines is 2. The first kappa shape index (κ1) is 11.6. The summed E-state index contributed by atoms with van der Waals surface area (Å²) in [7, 11) is 0. The molecule has 1 aliphatic heterocycles. The molecule has 0 saturated carbocycles. The summed E-state index contributed by atoms with van der Waals surface area (Å²) in [4.78, 5) is 5.65. The van der Waals surface area contributed by atoms with Crippen LogP contribution in [0.4, 0.5) is 11.4 Å². The lowest BCUT2D eigenvalue weighted by Crippen LogP contribution is -2.24. The predicted octanol–water partition coefficient (Wildman–Crippen LogP) is 3.41. The van der Waals surface area contributed by atoms with Gasteiger partial charge in [0.25, 0.3) is 0 Å². The Morgan fingerprint density at radius 2 is 1.95 bits per heavy atom. The molecule has 0 saturated heterocycles. The van der Waals surface area contributed by atoms with Gasteiger partial charge in [0, 0.05) is 48.1 Å². The minimum absolute atomic E-state index is 0.944. The van der Waals surface area contributed by atoms with Gasteiger partial charge in [-0.05, 0) is 35.9 Å². The zero-order valence-corrected chi connectivity index (χ0v) is 11.3. The number of fused-ring (bicyclic) bond motifs is 2. The van der Waals surface area contributed by atoms with E-state index in [-0.39, 0.29) is 0 Å². The van der Waals surface area contributed by atoms with Crippen LogP contribution in [0.15, 0.2) is 54.7 Å². The third-order valence-electron chi connectivity index (χ3n) is 3.96. The molecule has 0 bridgehead atoms. The molecule has 1 aromatic heterocycles. The summed E-state index contributed by atoms with van der Waals surface area (Å²) in [6, 6.07) is 17.4. The molecule has 2 heterocycles. The summed E-state index contributed by atoms with van der Waals surface area (Å²) in [6.07, 6.45) is 1.99. The van der Waals surface area contributed by atoms with Crippen molar-refractivity contribution in [2.24, 2.45) is 0 Å². The Kier molecular flexibility index (Phi) is 2.71. The van der Waals surface area contributed by atoms with Crippen molar-refractivity contribution in [3.8, 4) is 0 Å². The normalized spacial score (nSPS) is 15.1. The van der Waals surface area contributed by atoms with E-state index < -0.39 is 0 Å². The van der Waals surface area contributed by atoms with E-state index in [1.165, 1.54) is 27.8 Å². The highest BCUT2D eigenvalue weighted by Crippen LogP contribution is 2.31. The zero-order chi connectivity index (χ0) is 13.4. The van der Waals surface area contributed by atoms with Crippen LogP contribution in [0.3, 0.4) is 0 Å². The third kappa shape index (κ3) is 1.87. The number of rotatable bonds is 1. The van der Waals surface area contributed by atoms with Crippen LogP contribution in [0.1, 0.15) is 5.56 Å². The maximum absolute atomic E-state index is 3.49. The molecular formula is C17H17N3. The Hall–Kier alpha value is -2.26. The first-order valence-corrected chi connectivity index (χ1v) is 7.05. The van der Waals surface area contributed by atoms with E-state index in [4.69, 9.17) is 0 Å². The molecule has 0 fully saturated rings. The molecule has 20 heavy (non-hydrogen) atoms. The van der Waals surface area contributed by atoms with Crippen molar-refractivity contribution in [3.05, 3.63) is 60.3 Å². The van der Waals surface area contributed by atoms with E-state index >= 15 is 0 Å². The first-order valence-electron chi connectivity index (χ1n) is 7.05. The van der Waals surface area contributed by atoms with Crippen molar-refractivity contribution in [3.63, 3.8) is 0 Å². The fourth-order valence-corrected chi connectivity index (χ4v) is 2.93. The highest BCUT2D eigenvalue weighted by Gasteiger charge is 2.16. The fourth-order valence-electron chi connectivity index (χ4n) is 2.93. The number of nitrogens with one attached hydrogen (secondary N) is 2. The lowest BCUT2D eigenvalue weighted by atomic mass is 10.1. The van der Waals surface area contributed by atoms with Gasteiger partial charge in [-0.15, -0.1) is 0 Å². The summed E-state index contributed by atoms with van der Waals surface area (Å²) >= 11 is 0. The van der Waals surface area contributed by atoms with Crippen molar-refractivity contribution < 1.29 is 0 Å². The van der Waals surface area contributed by atoms with Crippen LogP contribution in [0, 0.1) is 0 Å². The summed E-state index contributed by atoms with van der Waals surface area (Å²) in [5.41, 5.74) is 5.12. The topological polar surface area (TPSA) is 31.1 Å². The molecule has 0 aliphatic carbocycles. The monoisotopic (exact) mass is 263 g/mol. The lowest BCUT2D eigenvalue weighted by Gasteiger charge is -2.24. The number of aromatic amines is 1. The highest BCUT2D eigenvalue weighted by atomic mass is 15.2. The maximum atomic E-state index is 3.49. The average Bonchev–Trinajstić information content (AvgIpc) is 2.85. The van der Waals surface area contributed by atoms with E-state index in [1.807, 2.05) is 6.20 Å². The number of para-hydroxylation sites is 1. The zero-order valence-electron chi connectivity index (χ0n) is 11.3. The molecule has 0 spiro atoms. The standard InChI is InChI=1S/C17H17N3/c1-2-4-17-14(3-1)12-18-9-10-20(17)15-5-6-16-13(11-15)7-8-19-16/h1-8,11,18-19H,9-10,12H2. The Morgan fingerprint density at radius 3 is 2.95 bits per heavy atom. The molecule has 0 unspecified atom stereocenters. The van der Waals surface area contributed by atoms with Crippen LogP contribution in [-0.4, -0.2) is 18.1 Å². The number of benzene rings is 2. The predicted molar refractivity (Wildman–Crippen MR) is 83.5 cm³/mol. The van der Waals surface area contributed by atoms with Gasteiger partial charge in [0.15, 0.2) is 0 Å². The molecule has 4 rings (SSSR count). The molecular weight excluding hydrogens is 246 g/mol. The van der Waals surface area contributed by atoms with E-state index in [0.717, 1.165) is 19.6 Å². The summed E-state index contributed by atoms with van der Waals surface area (Å²) in [5.74, 6) is 0. The molecule has 3 nitrogen and oxygen atoms in total. The minimum Gasteiger partial charge on any atom is -0.361 e. The second-order valence-corrected chi connectivity index (χ2v) is 5.21. The lowest BCUT2D eigenvalue weighted by molar-refractivity contribution is 0.712. The van der Waals surface area contributed by atoms with Gasteiger partial charge in [0.05, 0.1) is 0 Å². The van der Waals surface area contributed by atoms with Crippen molar-refractivity contribution in [2.75, 3.05) is 18.0 Å². The minimum atomic E-state index is 0.944. The van der Waals surface area contributed by atoms with Crippen LogP contribution < -0.4 is 10.2 Å². The Labute approximate surface area is 118 Å². The molecule has 100 valence electrons. The number of hydrogen-bond donors (Lipinski definition) is 2. The van der Waals surface area contributed by atoms with E-state index in [9.17, 15) is 0 Å². The molecule has 0 atom stereocenters. The first-order chi connectivity index (χ1) is 9.92. The van der Waals surface area contributed by atoms with Gasteiger partial charge in [0.1, 0.15) is 0 Å². The van der Waals surface area contributed by atoms with Crippen LogP contribution in [0.25, 0.3) is 10.9 Å².